The van der Waals surface area contributed by atoms with Gasteiger partial charge in [-0.05, 0) is 20.8 Å². The number of rotatable bonds is 8. The summed E-state index contributed by atoms with van der Waals surface area (Å²) in [6.45, 7) is 5.99. The van der Waals surface area contributed by atoms with Crippen LogP contribution in [0.3, 0.4) is 0 Å². The standard InChI is InChI=1S/C21H27N7O4/c1-7-31-18-17(20(30)32-8-2)24-21(28(6)19(18)29)26(4)11-14-9-22-10-16(23-14)15-12-27(5)25-13(15)3/h9-10,12H,7-8,11H2,1-6H3. The first kappa shape index (κ1) is 22.9. The van der Waals surface area contributed by atoms with Crippen molar-refractivity contribution < 1.29 is 14.3 Å². The molecule has 3 aromatic rings. The van der Waals surface area contributed by atoms with Crippen LogP contribution in [0.15, 0.2) is 23.4 Å². The molecule has 0 fully saturated rings. The summed E-state index contributed by atoms with van der Waals surface area (Å²) in [6.07, 6.45) is 5.21. The lowest BCUT2D eigenvalue weighted by molar-refractivity contribution is 0.0513. The van der Waals surface area contributed by atoms with Crippen LogP contribution in [0.25, 0.3) is 11.3 Å². The third kappa shape index (κ3) is 4.61. The molecule has 0 aliphatic carbocycles. The fourth-order valence-corrected chi connectivity index (χ4v) is 3.30. The molecule has 11 heteroatoms. The van der Waals surface area contributed by atoms with E-state index >= 15 is 0 Å². The van der Waals surface area contributed by atoms with Crippen LogP contribution in [-0.2, 0) is 25.4 Å². The number of hydrogen-bond acceptors (Lipinski definition) is 9. The van der Waals surface area contributed by atoms with Crippen molar-refractivity contribution in [2.75, 3.05) is 25.2 Å². The number of aryl methyl sites for hydroxylation is 2. The van der Waals surface area contributed by atoms with E-state index in [2.05, 4.69) is 20.1 Å². The first-order valence-electron chi connectivity index (χ1n) is 10.2. The van der Waals surface area contributed by atoms with Gasteiger partial charge in [0.1, 0.15) is 0 Å². The molecule has 0 amide bonds. The topological polar surface area (TPSA) is 117 Å². The van der Waals surface area contributed by atoms with Gasteiger partial charge in [0.05, 0.1) is 49.2 Å². The highest BCUT2D eigenvalue weighted by atomic mass is 16.5. The van der Waals surface area contributed by atoms with E-state index in [0.717, 1.165) is 11.3 Å². The summed E-state index contributed by atoms with van der Waals surface area (Å²) < 4.78 is 13.5. The minimum absolute atomic E-state index is 0.126. The van der Waals surface area contributed by atoms with Crippen molar-refractivity contribution in [3.8, 4) is 17.0 Å². The third-order valence-corrected chi connectivity index (χ3v) is 4.70. The van der Waals surface area contributed by atoms with Gasteiger partial charge in [-0.15, -0.1) is 0 Å². The molecule has 0 bridgehead atoms. The van der Waals surface area contributed by atoms with Crippen LogP contribution in [0.5, 0.6) is 5.75 Å². The number of nitrogens with zero attached hydrogens (tertiary/aromatic N) is 7. The summed E-state index contributed by atoms with van der Waals surface area (Å²) in [5.74, 6) is -0.567. The van der Waals surface area contributed by atoms with Crippen molar-refractivity contribution in [1.29, 1.82) is 0 Å². The number of aromatic nitrogens is 6. The largest absolute Gasteiger partial charge is 0.486 e. The van der Waals surface area contributed by atoms with E-state index in [1.54, 1.807) is 49.9 Å². The molecule has 170 valence electrons. The number of anilines is 1. The lowest BCUT2D eigenvalue weighted by atomic mass is 10.2. The Morgan fingerprint density at radius 1 is 1.16 bits per heavy atom. The molecule has 0 spiro atoms. The Kier molecular flexibility index (Phi) is 6.86. The number of ether oxygens (including phenoxy) is 2. The van der Waals surface area contributed by atoms with Gasteiger partial charge >= 0.3 is 5.97 Å². The molecule has 0 saturated heterocycles. The molecule has 0 atom stereocenters. The third-order valence-electron chi connectivity index (χ3n) is 4.70. The fraction of sp³-hybridized carbons (Fsp3) is 0.429. The Morgan fingerprint density at radius 3 is 2.53 bits per heavy atom. The number of hydrogen-bond donors (Lipinski definition) is 0. The number of carbonyl (C=O) groups excluding carboxylic acids is 1. The molecule has 0 aromatic carbocycles. The first-order valence-corrected chi connectivity index (χ1v) is 10.2. The van der Waals surface area contributed by atoms with Crippen molar-refractivity contribution in [2.24, 2.45) is 14.1 Å². The monoisotopic (exact) mass is 441 g/mol. The van der Waals surface area contributed by atoms with Crippen LogP contribution in [0.1, 0.15) is 35.7 Å². The fourth-order valence-electron chi connectivity index (χ4n) is 3.30. The van der Waals surface area contributed by atoms with Crippen LogP contribution in [0, 0.1) is 6.92 Å². The Morgan fingerprint density at radius 2 is 1.91 bits per heavy atom. The van der Waals surface area contributed by atoms with Crippen LogP contribution >= 0.6 is 0 Å². The van der Waals surface area contributed by atoms with E-state index in [4.69, 9.17) is 9.47 Å². The highest BCUT2D eigenvalue weighted by Gasteiger charge is 2.24. The number of esters is 1. The quantitative estimate of drug-likeness (QED) is 0.479. The second kappa shape index (κ2) is 9.58. The smallest absolute Gasteiger partial charge is 0.361 e. The minimum Gasteiger partial charge on any atom is -0.486 e. The zero-order chi connectivity index (χ0) is 23.4. The molecule has 0 saturated carbocycles. The first-order chi connectivity index (χ1) is 15.3. The van der Waals surface area contributed by atoms with Crippen LogP contribution in [-0.4, -0.2) is 55.5 Å². The maximum Gasteiger partial charge on any atom is 0.361 e. The average Bonchev–Trinajstić information content (AvgIpc) is 3.10. The molecule has 11 nitrogen and oxygen atoms in total. The van der Waals surface area contributed by atoms with Crippen LogP contribution < -0.4 is 15.2 Å². The summed E-state index contributed by atoms with van der Waals surface area (Å²) in [4.78, 5) is 40.4. The molecule has 3 rings (SSSR count). The molecule has 3 heterocycles. The van der Waals surface area contributed by atoms with Gasteiger partial charge in [0.15, 0.2) is 5.69 Å². The van der Waals surface area contributed by atoms with Gasteiger partial charge in [-0.3, -0.25) is 19.0 Å². The lowest BCUT2D eigenvalue weighted by Gasteiger charge is -2.22. The molecule has 3 aromatic heterocycles. The van der Waals surface area contributed by atoms with E-state index < -0.39 is 11.5 Å². The molecule has 32 heavy (non-hydrogen) atoms. The van der Waals surface area contributed by atoms with E-state index in [1.165, 1.54) is 4.57 Å². The second-order valence-corrected chi connectivity index (χ2v) is 7.16. The van der Waals surface area contributed by atoms with Gasteiger partial charge in [0.2, 0.25) is 11.7 Å². The second-order valence-electron chi connectivity index (χ2n) is 7.16. The predicted octanol–water partition coefficient (Wildman–Crippen LogP) is 1.49. The zero-order valence-corrected chi connectivity index (χ0v) is 19.1. The average molecular weight is 441 g/mol. The van der Waals surface area contributed by atoms with Gasteiger partial charge in [-0.1, -0.05) is 0 Å². The molecular weight excluding hydrogens is 414 g/mol. The van der Waals surface area contributed by atoms with Crippen molar-refractivity contribution >= 4 is 11.9 Å². The van der Waals surface area contributed by atoms with E-state index in [1.807, 2.05) is 20.2 Å². The lowest BCUT2D eigenvalue weighted by Crippen LogP contribution is -2.32. The van der Waals surface area contributed by atoms with E-state index in [0.29, 0.717) is 17.9 Å². The Labute approximate surface area is 185 Å². The van der Waals surface area contributed by atoms with Gasteiger partial charge in [-0.25, -0.2) is 14.8 Å². The van der Waals surface area contributed by atoms with Crippen molar-refractivity contribution in [2.45, 2.75) is 27.3 Å². The highest BCUT2D eigenvalue weighted by molar-refractivity contribution is 5.90. The zero-order valence-electron chi connectivity index (χ0n) is 19.1. The molecule has 0 aliphatic rings. The van der Waals surface area contributed by atoms with Gasteiger partial charge in [0, 0.05) is 32.9 Å². The normalized spacial score (nSPS) is 10.8. The summed E-state index contributed by atoms with van der Waals surface area (Å²) in [7, 11) is 5.17. The minimum atomic E-state index is -0.711. The van der Waals surface area contributed by atoms with Crippen molar-refractivity contribution in [3.63, 3.8) is 0 Å². The maximum atomic E-state index is 12.9. The van der Waals surface area contributed by atoms with Crippen molar-refractivity contribution in [1.82, 2.24) is 29.3 Å². The molecule has 0 N–H and O–H groups in total. The summed E-state index contributed by atoms with van der Waals surface area (Å²) in [6, 6.07) is 0. The number of carbonyl (C=O) groups is 1. The molecule has 0 aliphatic heterocycles. The summed E-state index contributed by atoms with van der Waals surface area (Å²) in [5, 5.41) is 4.35. The van der Waals surface area contributed by atoms with Gasteiger partial charge < -0.3 is 14.4 Å². The van der Waals surface area contributed by atoms with E-state index in [9.17, 15) is 9.59 Å². The van der Waals surface area contributed by atoms with Crippen LogP contribution in [0.2, 0.25) is 0 Å². The Bertz CT molecular complexity index is 1190. The van der Waals surface area contributed by atoms with Gasteiger partial charge in [-0.2, -0.15) is 5.10 Å². The summed E-state index contributed by atoms with van der Waals surface area (Å²) in [5.41, 5.74) is 2.47. The Balaban J connectivity index is 1.97. The maximum absolute atomic E-state index is 12.9. The Hall–Kier alpha value is -3.76. The van der Waals surface area contributed by atoms with Gasteiger partial charge in [0.25, 0.3) is 5.56 Å². The molecule has 0 unspecified atom stereocenters. The van der Waals surface area contributed by atoms with Crippen LogP contribution in [0.4, 0.5) is 5.95 Å². The van der Waals surface area contributed by atoms with Crippen molar-refractivity contribution in [3.05, 3.63) is 46.0 Å². The van der Waals surface area contributed by atoms with E-state index in [-0.39, 0.29) is 30.6 Å². The summed E-state index contributed by atoms with van der Waals surface area (Å²) >= 11 is 0. The predicted molar refractivity (Wildman–Crippen MR) is 118 cm³/mol. The molecular formula is C21H27N7O4. The SMILES string of the molecule is CCOC(=O)c1nc(N(C)Cc2cncc(-c3cn(C)nc3C)n2)n(C)c(=O)c1OCC. The molecule has 0 radical (unpaired) electrons. The highest BCUT2D eigenvalue weighted by Crippen LogP contribution is 2.21.